The number of carbonyl (C=O) groups excluding carboxylic acids is 1. The van der Waals surface area contributed by atoms with E-state index in [0.29, 0.717) is 11.4 Å². The van der Waals surface area contributed by atoms with Gasteiger partial charge in [-0.25, -0.2) is 9.18 Å². The van der Waals surface area contributed by atoms with Gasteiger partial charge in [0.25, 0.3) is 0 Å². The largest absolute Gasteiger partial charge is 0.441 e. The van der Waals surface area contributed by atoms with Crippen LogP contribution in [-0.2, 0) is 9.47 Å². The lowest BCUT2D eigenvalue weighted by molar-refractivity contribution is 0.0818. The zero-order chi connectivity index (χ0) is 16.4. The Kier molecular flexibility index (Phi) is 4.68. The molecule has 23 heavy (non-hydrogen) atoms. The van der Waals surface area contributed by atoms with Gasteiger partial charge in [-0.3, -0.25) is 4.90 Å². The number of rotatable bonds is 4. The number of aliphatic hydroxyl groups excluding tert-OH is 1. The highest BCUT2D eigenvalue weighted by molar-refractivity contribution is 5.90. The Hall–Kier alpha value is -1.86. The third-order valence-corrected chi connectivity index (χ3v) is 4.44. The topological polar surface area (TPSA) is 62.2 Å². The number of hydrogen-bond donors (Lipinski definition) is 1. The minimum atomic E-state index is -0.558. The third-order valence-electron chi connectivity index (χ3n) is 4.44. The molecule has 1 N–H and O–H groups in total. The predicted octanol–water partition coefficient (Wildman–Crippen LogP) is 1.76. The summed E-state index contributed by atoms with van der Waals surface area (Å²) in [6.07, 6.45) is 0.863. The maximum atomic E-state index is 14.5. The summed E-state index contributed by atoms with van der Waals surface area (Å²) >= 11 is 0. The summed E-state index contributed by atoms with van der Waals surface area (Å²) in [6, 6.07) is 4.75. The van der Waals surface area contributed by atoms with Crippen LogP contribution < -0.4 is 9.80 Å². The van der Waals surface area contributed by atoms with Crippen LogP contribution in [0.4, 0.5) is 20.6 Å². The maximum Gasteiger partial charge on any atom is 0.414 e. The highest BCUT2D eigenvalue weighted by atomic mass is 19.1. The van der Waals surface area contributed by atoms with Crippen molar-refractivity contribution in [3.63, 3.8) is 0 Å². The van der Waals surface area contributed by atoms with Gasteiger partial charge in [0.2, 0.25) is 0 Å². The molecule has 0 aromatic heterocycles. The van der Waals surface area contributed by atoms with Crippen molar-refractivity contribution in [1.82, 2.24) is 0 Å². The van der Waals surface area contributed by atoms with Crippen LogP contribution in [0.25, 0.3) is 0 Å². The number of amides is 1. The Morgan fingerprint density at radius 2 is 2.13 bits per heavy atom. The molecule has 3 rings (SSSR count). The summed E-state index contributed by atoms with van der Waals surface area (Å²) in [5.74, 6) is -0.362. The van der Waals surface area contributed by atoms with Crippen molar-refractivity contribution >= 4 is 17.5 Å². The number of methoxy groups -OCH3 is 1. The molecule has 0 bridgehead atoms. The van der Waals surface area contributed by atoms with E-state index in [1.807, 2.05) is 4.90 Å². The Labute approximate surface area is 134 Å². The van der Waals surface area contributed by atoms with Crippen molar-refractivity contribution in [3.05, 3.63) is 24.0 Å². The van der Waals surface area contributed by atoms with Crippen LogP contribution in [0.15, 0.2) is 18.2 Å². The van der Waals surface area contributed by atoms with Gasteiger partial charge in [-0.15, -0.1) is 0 Å². The zero-order valence-electron chi connectivity index (χ0n) is 13.1. The molecular weight excluding hydrogens is 303 g/mol. The van der Waals surface area contributed by atoms with Gasteiger partial charge >= 0.3 is 6.09 Å². The van der Waals surface area contributed by atoms with Crippen LogP contribution >= 0.6 is 0 Å². The second-order valence-electron chi connectivity index (χ2n) is 5.86. The van der Waals surface area contributed by atoms with Crippen molar-refractivity contribution in [2.24, 2.45) is 0 Å². The van der Waals surface area contributed by atoms with Gasteiger partial charge in [0.05, 0.1) is 30.6 Å². The molecule has 1 atom stereocenters. The molecular formula is C16H21FN2O4. The first kappa shape index (κ1) is 16.0. The highest BCUT2D eigenvalue weighted by Gasteiger charge is 2.32. The van der Waals surface area contributed by atoms with E-state index >= 15 is 0 Å². The van der Waals surface area contributed by atoms with E-state index in [1.165, 1.54) is 11.0 Å². The molecule has 0 radical (unpaired) electrons. The van der Waals surface area contributed by atoms with E-state index in [-0.39, 0.29) is 25.1 Å². The van der Waals surface area contributed by atoms with Crippen LogP contribution in [0.1, 0.15) is 12.8 Å². The molecule has 2 heterocycles. The first-order chi connectivity index (χ1) is 11.1. The minimum Gasteiger partial charge on any atom is -0.441 e. The lowest BCUT2D eigenvalue weighted by atomic mass is 10.1. The fourth-order valence-electron chi connectivity index (χ4n) is 3.08. The van der Waals surface area contributed by atoms with Crippen molar-refractivity contribution in [2.75, 3.05) is 43.2 Å². The molecule has 1 amide bonds. The Balaban J connectivity index is 1.73. The number of carbonyl (C=O) groups is 1. The first-order valence-electron chi connectivity index (χ1n) is 7.78. The highest BCUT2D eigenvalue weighted by Crippen LogP contribution is 2.29. The summed E-state index contributed by atoms with van der Waals surface area (Å²) in [6.45, 7) is 1.48. The predicted molar refractivity (Wildman–Crippen MR) is 83.3 cm³/mol. The lowest BCUT2D eigenvalue weighted by Crippen LogP contribution is -2.37. The van der Waals surface area contributed by atoms with Gasteiger partial charge in [-0.1, -0.05) is 0 Å². The van der Waals surface area contributed by atoms with Crippen molar-refractivity contribution in [3.8, 4) is 0 Å². The molecule has 2 fully saturated rings. The van der Waals surface area contributed by atoms with Crippen molar-refractivity contribution in [2.45, 2.75) is 25.0 Å². The number of cyclic esters (lactones) is 1. The van der Waals surface area contributed by atoms with Gasteiger partial charge in [0.15, 0.2) is 0 Å². The number of aliphatic hydroxyl groups is 1. The van der Waals surface area contributed by atoms with Gasteiger partial charge in [0.1, 0.15) is 11.9 Å². The molecule has 6 nitrogen and oxygen atoms in total. The average Bonchev–Trinajstić information content (AvgIpc) is 2.96. The van der Waals surface area contributed by atoms with E-state index < -0.39 is 12.2 Å². The molecule has 0 saturated carbocycles. The fourth-order valence-corrected chi connectivity index (χ4v) is 3.08. The Bertz CT molecular complexity index is 575. The zero-order valence-corrected chi connectivity index (χ0v) is 13.1. The third kappa shape index (κ3) is 3.25. The molecule has 0 aliphatic carbocycles. The van der Waals surface area contributed by atoms with Crippen LogP contribution in [-0.4, -0.2) is 56.8 Å². The lowest BCUT2D eigenvalue weighted by Gasteiger charge is -2.33. The van der Waals surface area contributed by atoms with Crippen LogP contribution in [0.2, 0.25) is 0 Å². The maximum absolute atomic E-state index is 14.5. The summed E-state index contributed by atoms with van der Waals surface area (Å²) in [4.78, 5) is 15.1. The standard InChI is InChI=1S/C16H21FN2O4/c1-22-12-4-6-18(7-5-12)15-3-2-11(8-14(15)17)19-9-13(10-20)23-16(19)21/h2-3,8,12-13,20H,4-7,9-10H2,1H3/t13-/m1/s1. The summed E-state index contributed by atoms with van der Waals surface area (Å²) < 4.78 is 24.8. The quantitative estimate of drug-likeness (QED) is 0.914. The van der Waals surface area contributed by atoms with Gasteiger partial charge < -0.3 is 19.5 Å². The van der Waals surface area contributed by atoms with Gasteiger partial charge in [-0.05, 0) is 31.0 Å². The van der Waals surface area contributed by atoms with Crippen molar-refractivity contribution in [1.29, 1.82) is 0 Å². The number of piperidine rings is 1. The second kappa shape index (κ2) is 6.72. The first-order valence-corrected chi connectivity index (χ1v) is 7.78. The molecule has 1 aromatic rings. The molecule has 2 saturated heterocycles. The van der Waals surface area contributed by atoms with Crippen molar-refractivity contribution < 1.29 is 23.8 Å². The Morgan fingerprint density at radius 1 is 1.39 bits per heavy atom. The summed E-state index contributed by atoms with van der Waals surface area (Å²) in [5, 5.41) is 9.06. The molecule has 2 aliphatic heterocycles. The molecule has 7 heteroatoms. The number of nitrogens with zero attached hydrogens (tertiary/aromatic N) is 2. The van der Waals surface area contributed by atoms with Crippen LogP contribution in [0, 0.1) is 5.82 Å². The summed E-state index contributed by atoms with van der Waals surface area (Å²) in [7, 11) is 1.70. The van der Waals surface area contributed by atoms with Crippen LogP contribution in [0.3, 0.4) is 0 Å². The molecule has 1 aromatic carbocycles. The number of halogens is 1. The SMILES string of the molecule is COC1CCN(c2ccc(N3C[C@H](CO)OC3=O)cc2F)CC1. The van der Waals surface area contributed by atoms with E-state index in [0.717, 1.165) is 25.9 Å². The number of anilines is 2. The van der Waals surface area contributed by atoms with E-state index in [4.69, 9.17) is 14.6 Å². The van der Waals surface area contributed by atoms with E-state index in [2.05, 4.69) is 0 Å². The van der Waals surface area contributed by atoms with Gasteiger partial charge in [-0.2, -0.15) is 0 Å². The number of hydrogen-bond acceptors (Lipinski definition) is 5. The normalized spacial score (nSPS) is 22.6. The van der Waals surface area contributed by atoms with Gasteiger partial charge in [0, 0.05) is 20.2 Å². The van der Waals surface area contributed by atoms with E-state index in [9.17, 15) is 9.18 Å². The Morgan fingerprint density at radius 3 is 2.70 bits per heavy atom. The molecule has 0 spiro atoms. The molecule has 2 aliphatic rings. The number of benzene rings is 1. The number of ether oxygens (including phenoxy) is 2. The molecule has 0 unspecified atom stereocenters. The second-order valence-corrected chi connectivity index (χ2v) is 5.86. The molecule has 126 valence electrons. The van der Waals surface area contributed by atoms with Crippen LogP contribution in [0.5, 0.6) is 0 Å². The smallest absolute Gasteiger partial charge is 0.414 e. The fraction of sp³-hybridized carbons (Fsp3) is 0.562. The minimum absolute atomic E-state index is 0.230. The average molecular weight is 324 g/mol. The summed E-state index contributed by atoms with van der Waals surface area (Å²) in [5.41, 5.74) is 0.980. The van der Waals surface area contributed by atoms with E-state index in [1.54, 1.807) is 19.2 Å². The monoisotopic (exact) mass is 324 g/mol.